The quantitative estimate of drug-likeness (QED) is 0.751. The van der Waals surface area contributed by atoms with Crippen molar-refractivity contribution in [2.24, 2.45) is 0 Å². The Kier molecular flexibility index (Phi) is 4.36. The molecule has 2 heterocycles. The monoisotopic (exact) mass is 387 g/mol. The maximum absolute atomic E-state index is 13.5. The number of hydrogen-bond donors (Lipinski definition) is 0. The van der Waals surface area contributed by atoms with Gasteiger partial charge in [-0.1, -0.05) is 23.7 Å². The number of benzene rings is 2. The second-order valence-electron chi connectivity index (χ2n) is 6.29. The highest BCUT2D eigenvalue weighted by molar-refractivity contribution is 6.31. The first kappa shape index (κ1) is 17.5. The minimum Gasteiger partial charge on any atom is -0.497 e. The van der Waals surface area contributed by atoms with Gasteiger partial charge in [-0.2, -0.15) is 0 Å². The highest BCUT2D eigenvalue weighted by Gasteiger charge is 2.43. The van der Waals surface area contributed by atoms with Crippen molar-refractivity contribution in [1.82, 2.24) is 0 Å². The Bertz CT molecular complexity index is 970. The topological polar surface area (TPSA) is 55.8 Å². The number of methoxy groups -OCH3 is 1. The van der Waals surface area contributed by atoms with Gasteiger partial charge in [0.05, 0.1) is 29.1 Å². The normalized spacial score (nSPS) is 19.2. The molecule has 27 heavy (non-hydrogen) atoms. The van der Waals surface area contributed by atoms with Crippen LogP contribution in [0.25, 0.3) is 0 Å². The number of ether oxygens (including phenoxy) is 2. The van der Waals surface area contributed by atoms with Crippen LogP contribution in [0.5, 0.6) is 5.75 Å². The molecule has 0 fully saturated rings. The van der Waals surface area contributed by atoms with Crippen molar-refractivity contribution in [2.75, 3.05) is 18.6 Å². The first-order chi connectivity index (χ1) is 13.0. The van der Waals surface area contributed by atoms with E-state index in [0.717, 1.165) is 5.56 Å². The lowest BCUT2D eigenvalue weighted by atomic mass is 9.84. The molecule has 2 aliphatic heterocycles. The van der Waals surface area contributed by atoms with Crippen LogP contribution in [0, 0.1) is 5.82 Å². The van der Waals surface area contributed by atoms with Gasteiger partial charge in [0, 0.05) is 12.3 Å². The van der Waals surface area contributed by atoms with Crippen LogP contribution in [0.4, 0.5) is 10.1 Å². The molecule has 1 amide bonds. The lowest BCUT2D eigenvalue weighted by molar-refractivity contribution is -0.136. The van der Waals surface area contributed by atoms with Crippen LogP contribution in [0.1, 0.15) is 17.9 Å². The Morgan fingerprint density at radius 3 is 2.59 bits per heavy atom. The lowest BCUT2D eigenvalue weighted by Gasteiger charge is -2.32. The standard InChI is InChI=1S/C20H15ClFNO4/c1-26-13-5-2-11(3-6-13)14-9-18(24)23(17-10-27-20(25)19(14)17)12-4-7-16(22)15(21)8-12/h2-8,14H,9-10H2,1H3/t14-/m0/s1. The van der Waals surface area contributed by atoms with Crippen molar-refractivity contribution in [3.63, 3.8) is 0 Å². The Labute approximate surface area is 159 Å². The van der Waals surface area contributed by atoms with Crippen LogP contribution in [-0.4, -0.2) is 25.6 Å². The molecule has 0 saturated heterocycles. The summed E-state index contributed by atoms with van der Waals surface area (Å²) >= 11 is 5.87. The molecule has 0 aromatic heterocycles. The third-order valence-electron chi connectivity index (χ3n) is 4.80. The number of amides is 1. The summed E-state index contributed by atoms with van der Waals surface area (Å²) in [5.41, 5.74) is 2.15. The minimum absolute atomic E-state index is 0.0123. The summed E-state index contributed by atoms with van der Waals surface area (Å²) in [4.78, 5) is 26.7. The molecule has 0 radical (unpaired) electrons. The summed E-state index contributed by atoms with van der Waals surface area (Å²) in [6.07, 6.45) is 0.0925. The van der Waals surface area contributed by atoms with Gasteiger partial charge in [0.1, 0.15) is 18.2 Å². The maximum atomic E-state index is 13.5. The number of esters is 1. The van der Waals surface area contributed by atoms with Crippen LogP contribution in [-0.2, 0) is 14.3 Å². The maximum Gasteiger partial charge on any atom is 0.336 e. The van der Waals surface area contributed by atoms with Crippen molar-refractivity contribution >= 4 is 29.2 Å². The Hall–Kier alpha value is -2.86. The van der Waals surface area contributed by atoms with E-state index in [4.69, 9.17) is 21.1 Å². The molecular formula is C20H15ClFNO4. The second kappa shape index (κ2) is 6.70. The third-order valence-corrected chi connectivity index (χ3v) is 5.09. The van der Waals surface area contributed by atoms with E-state index in [9.17, 15) is 14.0 Å². The molecule has 138 valence electrons. The summed E-state index contributed by atoms with van der Waals surface area (Å²) in [5.74, 6) is -0.951. The predicted molar refractivity (Wildman–Crippen MR) is 97.2 cm³/mol. The Morgan fingerprint density at radius 1 is 1.19 bits per heavy atom. The SMILES string of the molecule is COc1ccc([C@@H]2CC(=O)N(c3ccc(F)c(Cl)c3)C3=C2C(=O)OC3)cc1. The number of halogens is 2. The molecule has 5 nitrogen and oxygen atoms in total. The van der Waals surface area contributed by atoms with Crippen LogP contribution < -0.4 is 9.64 Å². The van der Waals surface area contributed by atoms with Gasteiger partial charge < -0.3 is 9.47 Å². The van der Waals surface area contributed by atoms with E-state index in [0.29, 0.717) is 22.7 Å². The molecule has 0 N–H and O–H groups in total. The molecule has 2 aromatic carbocycles. The van der Waals surface area contributed by atoms with Gasteiger partial charge in [-0.3, -0.25) is 9.69 Å². The van der Waals surface area contributed by atoms with Gasteiger partial charge in [-0.05, 0) is 35.9 Å². The van der Waals surface area contributed by atoms with E-state index >= 15 is 0 Å². The summed E-state index contributed by atoms with van der Waals surface area (Å²) in [6, 6.07) is 11.3. The number of carbonyl (C=O) groups is 2. The fourth-order valence-corrected chi connectivity index (χ4v) is 3.67. The number of hydrogen-bond acceptors (Lipinski definition) is 4. The van der Waals surface area contributed by atoms with Gasteiger partial charge in [0.25, 0.3) is 0 Å². The number of carbonyl (C=O) groups excluding carboxylic acids is 2. The Balaban J connectivity index is 1.79. The zero-order chi connectivity index (χ0) is 19.1. The Morgan fingerprint density at radius 2 is 1.93 bits per heavy atom. The molecule has 0 spiro atoms. The van der Waals surface area contributed by atoms with E-state index in [-0.39, 0.29) is 24.0 Å². The summed E-state index contributed by atoms with van der Waals surface area (Å²) in [7, 11) is 1.57. The van der Waals surface area contributed by atoms with Gasteiger partial charge in [0.2, 0.25) is 5.91 Å². The van der Waals surface area contributed by atoms with E-state index in [1.165, 1.54) is 23.1 Å². The second-order valence-corrected chi connectivity index (χ2v) is 6.70. The highest BCUT2D eigenvalue weighted by atomic mass is 35.5. The van der Waals surface area contributed by atoms with Crippen LogP contribution in [0.2, 0.25) is 5.02 Å². The van der Waals surface area contributed by atoms with E-state index in [2.05, 4.69) is 0 Å². The fourth-order valence-electron chi connectivity index (χ4n) is 3.50. The van der Waals surface area contributed by atoms with E-state index in [1.54, 1.807) is 19.2 Å². The molecule has 0 aliphatic carbocycles. The molecular weight excluding hydrogens is 373 g/mol. The minimum atomic E-state index is -0.575. The molecule has 2 aliphatic rings. The van der Waals surface area contributed by atoms with Crippen LogP contribution >= 0.6 is 11.6 Å². The molecule has 0 saturated carbocycles. The van der Waals surface area contributed by atoms with Crippen molar-refractivity contribution in [2.45, 2.75) is 12.3 Å². The third kappa shape index (κ3) is 2.96. The average molecular weight is 388 g/mol. The van der Waals surface area contributed by atoms with Gasteiger partial charge >= 0.3 is 5.97 Å². The average Bonchev–Trinajstić information content (AvgIpc) is 3.05. The van der Waals surface area contributed by atoms with Gasteiger partial charge in [0.15, 0.2) is 0 Å². The number of cyclic esters (lactones) is 1. The first-order valence-corrected chi connectivity index (χ1v) is 8.69. The first-order valence-electron chi connectivity index (χ1n) is 8.31. The van der Waals surface area contributed by atoms with Crippen LogP contribution in [0.3, 0.4) is 0 Å². The van der Waals surface area contributed by atoms with Gasteiger partial charge in [-0.25, -0.2) is 9.18 Å². The molecule has 1 atom stereocenters. The molecule has 4 rings (SSSR count). The summed E-state index contributed by atoms with van der Waals surface area (Å²) in [6.45, 7) is -0.0123. The summed E-state index contributed by atoms with van der Waals surface area (Å²) < 4.78 is 23.9. The van der Waals surface area contributed by atoms with Crippen LogP contribution in [0.15, 0.2) is 53.7 Å². The van der Waals surface area contributed by atoms with E-state index < -0.39 is 17.7 Å². The number of anilines is 1. The van der Waals surface area contributed by atoms with E-state index in [1.807, 2.05) is 12.1 Å². The van der Waals surface area contributed by atoms with Crippen molar-refractivity contribution in [1.29, 1.82) is 0 Å². The largest absolute Gasteiger partial charge is 0.497 e. The fraction of sp³-hybridized carbons (Fsp3) is 0.200. The number of rotatable bonds is 3. The molecule has 0 bridgehead atoms. The predicted octanol–water partition coefficient (Wildman–Crippen LogP) is 3.82. The molecule has 0 unspecified atom stereocenters. The lowest BCUT2D eigenvalue weighted by Crippen LogP contribution is -2.37. The van der Waals surface area contributed by atoms with Crippen molar-refractivity contribution in [3.8, 4) is 5.75 Å². The van der Waals surface area contributed by atoms with Gasteiger partial charge in [-0.15, -0.1) is 0 Å². The number of nitrogens with zero attached hydrogens (tertiary/aromatic N) is 1. The molecule has 7 heteroatoms. The zero-order valence-electron chi connectivity index (χ0n) is 14.4. The van der Waals surface area contributed by atoms with Crippen molar-refractivity contribution < 1.29 is 23.5 Å². The van der Waals surface area contributed by atoms with Crippen molar-refractivity contribution in [3.05, 3.63) is 70.1 Å². The smallest absolute Gasteiger partial charge is 0.336 e. The summed E-state index contributed by atoms with van der Waals surface area (Å²) in [5, 5.41) is -0.0926. The highest BCUT2D eigenvalue weighted by Crippen LogP contribution is 2.42. The zero-order valence-corrected chi connectivity index (χ0v) is 15.1. The molecule has 2 aromatic rings.